The minimum Gasteiger partial charge on any atom is -0.494 e. The van der Waals surface area contributed by atoms with Crippen LogP contribution in [0.4, 0.5) is 5.69 Å². The van der Waals surface area contributed by atoms with E-state index >= 15 is 0 Å². The molecular formula is C15H16BrNO. The molecule has 2 rings (SSSR count). The first kappa shape index (κ1) is 13.0. The van der Waals surface area contributed by atoms with E-state index in [9.17, 15) is 0 Å². The maximum Gasteiger partial charge on any atom is 0.124 e. The Hall–Kier alpha value is -1.48. The Bertz CT molecular complexity index is 513. The molecule has 2 nitrogen and oxygen atoms in total. The third kappa shape index (κ3) is 3.50. The first-order valence-electron chi connectivity index (χ1n) is 5.99. The predicted octanol–water partition coefficient (Wildman–Crippen LogP) is 4.46. The van der Waals surface area contributed by atoms with Gasteiger partial charge in [0.1, 0.15) is 5.75 Å². The summed E-state index contributed by atoms with van der Waals surface area (Å²) >= 11 is 3.46. The lowest BCUT2D eigenvalue weighted by Crippen LogP contribution is -2.03. The third-order valence-electron chi connectivity index (χ3n) is 2.58. The van der Waals surface area contributed by atoms with Gasteiger partial charge < -0.3 is 10.1 Å². The van der Waals surface area contributed by atoms with E-state index in [1.807, 2.05) is 43.3 Å². The van der Waals surface area contributed by atoms with Gasteiger partial charge in [-0.15, -0.1) is 0 Å². The molecule has 94 valence electrons. The van der Waals surface area contributed by atoms with Gasteiger partial charge in [-0.05, 0) is 31.2 Å². The minimum absolute atomic E-state index is 0.688. The van der Waals surface area contributed by atoms with E-state index in [4.69, 9.17) is 4.74 Å². The van der Waals surface area contributed by atoms with Gasteiger partial charge >= 0.3 is 0 Å². The van der Waals surface area contributed by atoms with Crippen LogP contribution in [0.3, 0.4) is 0 Å². The van der Waals surface area contributed by atoms with Gasteiger partial charge in [-0.1, -0.05) is 40.2 Å². The van der Waals surface area contributed by atoms with E-state index in [1.165, 1.54) is 5.56 Å². The number of ether oxygens (including phenoxy) is 1. The highest BCUT2D eigenvalue weighted by atomic mass is 79.9. The molecule has 0 saturated carbocycles. The Balaban J connectivity index is 2.06. The summed E-state index contributed by atoms with van der Waals surface area (Å²) in [5, 5.41) is 3.39. The maximum absolute atomic E-state index is 5.60. The average molecular weight is 306 g/mol. The average Bonchev–Trinajstić information content (AvgIpc) is 2.38. The Morgan fingerprint density at radius 2 is 1.94 bits per heavy atom. The van der Waals surface area contributed by atoms with Gasteiger partial charge in [-0.3, -0.25) is 0 Å². The van der Waals surface area contributed by atoms with Crippen molar-refractivity contribution in [1.29, 1.82) is 0 Å². The highest BCUT2D eigenvalue weighted by molar-refractivity contribution is 9.10. The van der Waals surface area contributed by atoms with Crippen molar-refractivity contribution in [3.63, 3.8) is 0 Å². The number of rotatable bonds is 5. The van der Waals surface area contributed by atoms with Crippen molar-refractivity contribution in [1.82, 2.24) is 0 Å². The van der Waals surface area contributed by atoms with E-state index in [1.54, 1.807) is 0 Å². The molecule has 0 aliphatic carbocycles. The lowest BCUT2D eigenvalue weighted by Gasteiger charge is -2.11. The molecule has 1 N–H and O–H groups in total. The number of para-hydroxylation sites is 1. The van der Waals surface area contributed by atoms with E-state index in [-0.39, 0.29) is 0 Å². The summed E-state index contributed by atoms with van der Waals surface area (Å²) in [6.07, 6.45) is 0. The van der Waals surface area contributed by atoms with Crippen LogP contribution in [-0.2, 0) is 6.54 Å². The van der Waals surface area contributed by atoms with Crippen molar-refractivity contribution in [2.45, 2.75) is 13.5 Å². The Morgan fingerprint density at radius 1 is 1.11 bits per heavy atom. The van der Waals surface area contributed by atoms with Crippen LogP contribution < -0.4 is 10.1 Å². The molecule has 0 amide bonds. The van der Waals surface area contributed by atoms with Gasteiger partial charge in [-0.2, -0.15) is 0 Å². The van der Waals surface area contributed by atoms with E-state index in [2.05, 4.69) is 33.4 Å². The van der Waals surface area contributed by atoms with Crippen LogP contribution in [0.5, 0.6) is 5.75 Å². The molecule has 0 aliphatic rings. The summed E-state index contributed by atoms with van der Waals surface area (Å²) in [6.45, 7) is 3.44. The summed E-state index contributed by atoms with van der Waals surface area (Å²) in [6, 6.07) is 16.2. The molecule has 0 unspecified atom stereocenters. The normalized spacial score (nSPS) is 10.1. The maximum atomic E-state index is 5.60. The highest BCUT2D eigenvalue weighted by Gasteiger charge is 2.02. The quantitative estimate of drug-likeness (QED) is 0.880. The molecule has 0 heterocycles. The molecular weight excluding hydrogens is 290 g/mol. The van der Waals surface area contributed by atoms with E-state index in [0.29, 0.717) is 6.61 Å². The molecule has 0 aromatic heterocycles. The van der Waals surface area contributed by atoms with Crippen LogP contribution in [-0.4, -0.2) is 6.61 Å². The van der Waals surface area contributed by atoms with Crippen LogP contribution in [0.2, 0.25) is 0 Å². The first-order chi connectivity index (χ1) is 8.79. The van der Waals surface area contributed by atoms with E-state index in [0.717, 1.165) is 22.5 Å². The number of benzene rings is 2. The molecule has 0 bridgehead atoms. The zero-order chi connectivity index (χ0) is 12.8. The van der Waals surface area contributed by atoms with Crippen molar-refractivity contribution in [2.75, 3.05) is 11.9 Å². The van der Waals surface area contributed by atoms with Crippen molar-refractivity contribution >= 4 is 21.6 Å². The van der Waals surface area contributed by atoms with Crippen molar-refractivity contribution in [3.8, 4) is 5.75 Å². The Morgan fingerprint density at radius 3 is 2.72 bits per heavy atom. The topological polar surface area (TPSA) is 21.3 Å². The fourth-order valence-electron chi connectivity index (χ4n) is 1.74. The monoisotopic (exact) mass is 305 g/mol. The van der Waals surface area contributed by atoms with Gasteiger partial charge in [0.05, 0.1) is 6.61 Å². The van der Waals surface area contributed by atoms with Gasteiger partial charge in [-0.25, -0.2) is 0 Å². The minimum atomic E-state index is 0.688. The van der Waals surface area contributed by atoms with Crippen molar-refractivity contribution < 1.29 is 4.74 Å². The fourth-order valence-corrected chi connectivity index (χ4v) is 2.14. The Labute approximate surface area is 116 Å². The zero-order valence-electron chi connectivity index (χ0n) is 10.3. The number of nitrogens with one attached hydrogen (secondary N) is 1. The second-order valence-electron chi connectivity index (χ2n) is 3.90. The molecule has 0 aliphatic heterocycles. The molecule has 3 heteroatoms. The number of anilines is 1. The van der Waals surface area contributed by atoms with Crippen LogP contribution in [0.1, 0.15) is 12.5 Å². The zero-order valence-corrected chi connectivity index (χ0v) is 11.9. The standard InChI is InChI=1S/C15H16BrNO/c1-2-18-15-9-4-3-6-12(15)11-17-14-8-5-7-13(16)10-14/h3-10,17H,2,11H2,1H3. The first-order valence-corrected chi connectivity index (χ1v) is 6.79. The number of hydrogen-bond acceptors (Lipinski definition) is 2. The molecule has 0 radical (unpaired) electrons. The van der Waals surface area contributed by atoms with Crippen molar-refractivity contribution in [3.05, 3.63) is 58.6 Å². The lowest BCUT2D eigenvalue weighted by atomic mass is 10.2. The predicted molar refractivity (Wildman–Crippen MR) is 79.1 cm³/mol. The van der Waals surface area contributed by atoms with Gasteiger partial charge in [0.25, 0.3) is 0 Å². The van der Waals surface area contributed by atoms with Gasteiger partial charge in [0, 0.05) is 22.3 Å². The van der Waals surface area contributed by atoms with Crippen LogP contribution in [0.15, 0.2) is 53.0 Å². The molecule has 0 spiro atoms. The molecule has 0 saturated heterocycles. The lowest BCUT2D eigenvalue weighted by molar-refractivity contribution is 0.337. The SMILES string of the molecule is CCOc1ccccc1CNc1cccc(Br)c1. The van der Waals surface area contributed by atoms with Gasteiger partial charge in [0.2, 0.25) is 0 Å². The molecule has 0 fully saturated rings. The van der Waals surface area contributed by atoms with Crippen LogP contribution >= 0.6 is 15.9 Å². The third-order valence-corrected chi connectivity index (χ3v) is 3.07. The Kier molecular flexibility index (Phi) is 4.65. The second kappa shape index (κ2) is 6.45. The number of halogens is 1. The van der Waals surface area contributed by atoms with Crippen molar-refractivity contribution in [2.24, 2.45) is 0 Å². The van der Waals surface area contributed by atoms with Crippen LogP contribution in [0, 0.1) is 0 Å². The molecule has 2 aromatic rings. The molecule has 18 heavy (non-hydrogen) atoms. The highest BCUT2D eigenvalue weighted by Crippen LogP contribution is 2.21. The molecule has 2 aromatic carbocycles. The largest absolute Gasteiger partial charge is 0.494 e. The summed E-state index contributed by atoms with van der Waals surface area (Å²) in [4.78, 5) is 0. The summed E-state index contributed by atoms with van der Waals surface area (Å²) in [7, 11) is 0. The smallest absolute Gasteiger partial charge is 0.124 e. The van der Waals surface area contributed by atoms with Crippen LogP contribution in [0.25, 0.3) is 0 Å². The van der Waals surface area contributed by atoms with Gasteiger partial charge in [0.15, 0.2) is 0 Å². The van der Waals surface area contributed by atoms with E-state index < -0.39 is 0 Å². The fraction of sp³-hybridized carbons (Fsp3) is 0.200. The number of hydrogen-bond donors (Lipinski definition) is 1. The summed E-state index contributed by atoms with van der Waals surface area (Å²) < 4.78 is 6.67. The summed E-state index contributed by atoms with van der Waals surface area (Å²) in [5.41, 5.74) is 2.26. The summed E-state index contributed by atoms with van der Waals surface area (Å²) in [5.74, 6) is 0.947. The second-order valence-corrected chi connectivity index (χ2v) is 4.82. The molecule has 0 atom stereocenters.